The van der Waals surface area contributed by atoms with Crippen molar-refractivity contribution in [2.24, 2.45) is 0 Å². The Balaban J connectivity index is 1.17. The fraction of sp³-hybridized carbons (Fsp3) is 0.625. The van der Waals surface area contributed by atoms with E-state index in [0.717, 1.165) is 43.4 Å². The number of carbonyl (C=O) groups excluding carboxylic acids is 1. The molecule has 25 heavy (non-hydrogen) atoms. The van der Waals surface area contributed by atoms with Crippen LogP contribution in [0.2, 0.25) is 0 Å². The normalized spacial score (nSPS) is 22.0. The van der Waals surface area contributed by atoms with Crippen molar-refractivity contribution < 1.29 is 4.79 Å². The number of hydrogen-bond donors (Lipinski definition) is 0. The summed E-state index contributed by atoms with van der Waals surface area (Å²) in [6.45, 7) is 4.31. The second-order valence-corrected chi connectivity index (χ2v) is 8.28. The van der Waals surface area contributed by atoms with Gasteiger partial charge >= 0.3 is 6.03 Å². The van der Waals surface area contributed by atoms with Gasteiger partial charge in [-0.1, -0.05) is 11.3 Å². The Morgan fingerprint density at radius 1 is 1.24 bits per heavy atom. The maximum Gasteiger partial charge on any atom is 0.324 e. The Hall–Kier alpha value is -2.00. The van der Waals surface area contributed by atoms with E-state index in [1.165, 1.54) is 17.8 Å². The van der Waals surface area contributed by atoms with Crippen LogP contribution >= 0.6 is 11.3 Å². The zero-order valence-electron chi connectivity index (χ0n) is 14.2. The van der Waals surface area contributed by atoms with Crippen molar-refractivity contribution in [3.63, 3.8) is 0 Å². The van der Waals surface area contributed by atoms with Gasteiger partial charge in [0.05, 0.1) is 24.5 Å². The van der Waals surface area contributed by atoms with Gasteiger partial charge in [0.2, 0.25) is 0 Å². The number of amides is 2. The number of rotatable bonds is 5. The molecule has 0 radical (unpaired) electrons. The van der Waals surface area contributed by atoms with Crippen molar-refractivity contribution in [3.05, 3.63) is 22.4 Å². The van der Waals surface area contributed by atoms with E-state index in [1.807, 2.05) is 17.9 Å². The molecule has 2 aromatic rings. The Bertz CT molecular complexity index is 792. The lowest BCUT2D eigenvalue weighted by molar-refractivity contribution is 0.0906. The SMILES string of the molecule is CN1CCN(c2cnn(C3CN(Cc4nnc(C5CC5)s4)C3)c2)C1=O. The van der Waals surface area contributed by atoms with Crippen LogP contribution in [-0.4, -0.2) is 69.0 Å². The first-order valence-electron chi connectivity index (χ1n) is 8.79. The van der Waals surface area contributed by atoms with Crippen LogP contribution in [0.25, 0.3) is 0 Å². The summed E-state index contributed by atoms with van der Waals surface area (Å²) >= 11 is 1.76. The number of likely N-dealkylation sites (N-methyl/N-ethyl adjacent to an activating group) is 1. The highest BCUT2D eigenvalue weighted by Crippen LogP contribution is 2.41. The minimum absolute atomic E-state index is 0.0533. The third kappa shape index (κ3) is 2.81. The van der Waals surface area contributed by atoms with Crippen LogP contribution < -0.4 is 4.90 Å². The van der Waals surface area contributed by atoms with Gasteiger partial charge in [-0.15, -0.1) is 10.2 Å². The molecule has 4 heterocycles. The number of aromatic nitrogens is 4. The molecule has 2 amide bonds. The highest BCUT2D eigenvalue weighted by Gasteiger charge is 2.33. The second-order valence-electron chi connectivity index (χ2n) is 7.19. The number of carbonyl (C=O) groups is 1. The predicted molar refractivity (Wildman–Crippen MR) is 93.8 cm³/mol. The molecule has 0 unspecified atom stereocenters. The minimum Gasteiger partial charge on any atom is -0.326 e. The lowest BCUT2D eigenvalue weighted by Gasteiger charge is -2.38. The summed E-state index contributed by atoms with van der Waals surface area (Å²) in [5.41, 5.74) is 0.894. The standard InChI is InChI=1S/C16H21N7OS/c1-20-4-5-22(16(20)24)12-6-17-23(9-12)13-7-21(8-13)10-14-18-19-15(25-14)11-2-3-11/h6,9,11,13H,2-5,7-8,10H2,1H3. The van der Waals surface area contributed by atoms with Gasteiger partial charge in [0.15, 0.2) is 0 Å². The van der Waals surface area contributed by atoms with E-state index >= 15 is 0 Å². The van der Waals surface area contributed by atoms with E-state index < -0.39 is 0 Å². The first-order chi connectivity index (χ1) is 12.2. The Morgan fingerprint density at radius 3 is 2.80 bits per heavy atom. The second kappa shape index (κ2) is 5.77. The molecule has 2 aromatic heterocycles. The zero-order chi connectivity index (χ0) is 17.0. The van der Waals surface area contributed by atoms with Crippen LogP contribution in [-0.2, 0) is 6.54 Å². The van der Waals surface area contributed by atoms with Gasteiger partial charge in [0, 0.05) is 45.3 Å². The lowest BCUT2D eigenvalue weighted by atomic mass is 10.1. The van der Waals surface area contributed by atoms with Gasteiger partial charge in [-0.25, -0.2) is 4.79 Å². The average molecular weight is 359 g/mol. The molecule has 132 valence electrons. The summed E-state index contributed by atoms with van der Waals surface area (Å²) in [4.78, 5) is 18.0. The highest BCUT2D eigenvalue weighted by molar-refractivity contribution is 7.11. The van der Waals surface area contributed by atoms with Crippen LogP contribution in [0.3, 0.4) is 0 Å². The van der Waals surface area contributed by atoms with Gasteiger partial charge in [-0.2, -0.15) is 5.10 Å². The topological polar surface area (TPSA) is 70.4 Å². The van der Waals surface area contributed by atoms with Crippen molar-refractivity contribution in [2.45, 2.75) is 31.3 Å². The van der Waals surface area contributed by atoms with Crippen molar-refractivity contribution >= 4 is 23.1 Å². The minimum atomic E-state index is 0.0533. The Labute approximate surface area is 150 Å². The van der Waals surface area contributed by atoms with Crippen LogP contribution in [0.15, 0.2) is 12.4 Å². The molecule has 1 saturated carbocycles. The van der Waals surface area contributed by atoms with Crippen LogP contribution in [0.5, 0.6) is 0 Å². The van der Waals surface area contributed by atoms with E-state index in [2.05, 4.69) is 20.2 Å². The molecule has 0 atom stereocenters. The summed E-state index contributed by atoms with van der Waals surface area (Å²) in [5, 5.41) is 15.4. The van der Waals surface area contributed by atoms with E-state index in [-0.39, 0.29) is 6.03 Å². The molecular weight excluding hydrogens is 338 g/mol. The van der Waals surface area contributed by atoms with E-state index in [0.29, 0.717) is 12.0 Å². The van der Waals surface area contributed by atoms with E-state index in [4.69, 9.17) is 0 Å². The molecule has 5 rings (SSSR count). The number of urea groups is 1. The zero-order valence-corrected chi connectivity index (χ0v) is 15.0. The summed E-state index contributed by atoms with van der Waals surface area (Å²) in [6, 6.07) is 0.428. The number of anilines is 1. The van der Waals surface area contributed by atoms with Crippen LogP contribution in [0.4, 0.5) is 10.5 Å². The number of nitrogens with zero attached hydrogens (tertiary/aromatic N) is 7. The third-order valence-corrected chi connectivity index (χ3v) is 6.27. The summed E-state index contributed by atoms with van der Waals surface area (Å²) in [7, 11) is 1.83. The maximum atomic E-state index is 12.1. The van der Waals surface area contributed by atoms with Crippen molar-refractivity contribution in [1.82, 2.24) is 29.8 Å². The van der Waals surface area contributed by atoms with Crippen LogP contribution in [0, 0.1) is 0 Å². The fourth-order valence-electron chi connectivity index (χ4n) is 3.41. The average Bonchev–Trinajstić information content (AvgIpc) is 2.98. The van der Waals surface area contributed by atoms with Gasteiger partial charge in [-0.05, 0) is 12.8 Å². The fourth-order valence-corrected chi connectivity index (χ4v) is 4.46. The molecular formula is C16H21N7OS. The summed E-state index contributed by atoms with van der Waals surface area (Å²) in [5.74, 6) is 0.685. The molecule has 9 heteroatoms. The van der Waals surface area contributed by atoms with Gasteiger partial charge in [0.1, 0.15) is 10.0 Å². The van der Waals surface area contributed by atoms with E-state index in [9.17, 15) is 4.79 Å². The molecule has 0 N–H and O–H groups in total. The molecule has 0 spiro atoms. The van der Waals surface area contributed by atoms with Crippen molar-refractivity contribution in [3.8, 4) is 0 Å². The van der Waals surface area contributed by atoms with Gasteiger partial charge in [-0.3, -0.25) is 14.5 Å². The lowest BCUT2D eigenvalue weighted by Crippen LogP contribution is -2.47. The molecule has 1 aliphatic carbocycles. The molecule has 2 aliphatic heterocycles. The molecule has 2 saturated heterocycles. The quantitative estimate of drug-likeness (QED) is 0.810. The Kier molecular flexibility index (Phi) is 3.53. The monoisotopic (exact) mass is 359 g/mol. The van der Waals surface area contributed by atoms with Crippen molar-refractivity contribution in [2.75, 3.05) is 38.1 Å². The summed E-state index contributed by atoms with van der Waals surface area (Å²) < 4.78 is 1.99. The molecule has 0 bridgehead atoms. The number of hydrogen-bond acceptors (Lipinski definition) is 6. The summed E-state index contributed by atoms with van der Waals surface area (Å²) in [6.07, 6.45) is 6.34. The third-order valence-electron chi connectivity index (χ3n) is 5.20. The molecule has 3 aliphatic rings. The smallest absolute Gasteiger partial charge is 0.324 e. The van der Waals surface area contributed by atoms with Crippen molar-refractivity contribution in [1.29, 1.82) is 0 Å². The number of likely N-dealkylation sites (tertiary alicyclic amines) is 1. The van der Waals surface area contributed by atoms with Gasteiger partial charge in [0.25, 0.3) is 0 Å². The molecule has 8 nitrogen and oxygen atoms in total. The largest absolute Gasteiger partial charge is 0.326 e. The van der Waals surface area contributed by atoms with Crippen LogP contribution in [0.1, 0.15) is 34.8 Å². The van der Waals surface area contributed by atoms with E-state index in [1.54, 1.807) is 27.3 Å². The van der Waals surface area contributed by atoms with Gasteiger partial charge < -0.3 is 4.90 Å². The first-order valence-corrected chi connectivity index (χ1v) is 9.60. The molecule has 3 fully saturated rings. The molecule has 0 aromatic carbocycles. The Morgan fingerprint density at radius 2 is 2.08 bits per heavy atom. The highest BCUT2D eigenvalue weighted by atomic mass is 32.1. The predicted octanol–water partition coefficient (Wildman–Crippen LogP) is 1.54. The maximum absolute atomic E-state index is 12.1. The first kappa shape index (κ1) is 15.3.